The number of fused-ring (bicyclic) bond motifs is 2. The van der Waals surface area contributed by atoms with Crippen molar-refractivity contribution in [3.8, 4) is 0 Å². The summed E-state index contributed by atoms with van der Waals surface area (Å²) in [5.74, 6) is 0.613. The van der Waals surface area contributed by atoms with Gasteiger partial charge >= 0.3 is 12.4 Å². The zero-order chi connectivity index (χ0) is 36.4. The Labute approximate surface area is 284 Å². The predicted octanol–water partition coefficient (Wildman–Crippen LogP) is 10.3. The summed E-state index contributed by atoms with van der Waals surface area (Å²) in [4.78, 5) is 15.9. The lowest BCUT2D eigenvalue weighted by Crippen LogP contribution is -2.33. The van der Waals surface area contributed by atoms with Gasteiger partial charge in [-0.15, -0.1) is 0 Å². The summed E-state index contributed by atoms with van der Waals surface area (Å²) < 4.78 is 90.4. The van der Waals surface area contributed by atoms with E-state index in [0.29, 0.717) is 65.6 Å². The van der Waals surface area contributed by atoms with Gasteiger partial charge in [-0.3, -0.25) is 4.79 Å². The molecule has 0 fully saturated rings. The van der Waals surface area contributed by atoms with Gasteiger partial charge in [0.15, 0.2) is 5.71 Å². The molecule has 0 bridgehead atoms. The van der Waals surface area contributed by atoms with Gasteiger partial charge in [0.1, 0.15) is 12.3 Å². The molecule has 264 valence electrons. The topological polar surface area (TPSA) is 32.5 Å². The minimum Gasteiger partial charge on any atom is -0.495 e. The molecule has 4 nitrogen and oxygen atoms in total. The number of carbonyl (C=O) groups excluding carboxylic acids is 1. The van der Waals surface area contributed by atoms with E-state index in [1.165, 1.54) is 31.4 Å². The van der Waals surface area contributed by atoms with Crippen molar-refractivity contribution in [1.29, 1.82) is 0 Å². The molecule has 0 N–H and O–H groups in total. The normalized spacial score (nSPS) is 20.3. The van der Waals surface area contributed by atoms with Crippen LogP contribution in [0.5, 0.6) is 0 Å². The number of rotatable bonds is 9. The van der Waals surface area contributed by atoms with Crippen LogP contribution in [0.15, 0.2) is 71.2 Å². The van der Waals surface area contributed by atoms with Gasteiger partial charge in [-0.1, -0.05) is 53.7 Å². The summed E-state index contributed by atoms with van der Waals surface area (Å²) in [6.45, 7) is 16.8. The Hall–Kier alpha value is -3.82. The first-order chi connectivity index (χ1) is 22.6. The van der Waals surface area contributed by atoms with Crippen molar-refractivity contribution in [3.05, 3.63) is 93.4 Å². The summed E-state index contributed by atoms with van der Waals surface area (Å²) in [6.07, 6.45) is -4.11. The van der Waals surface area contributed by atoms with Crippen LogP contribution in [0.2, 0.25) is 0 Å². The highest BCUT2D eigenvalue weighted by molar-refractivity contribution is 6.24. The second-order valence-corrected chi connectivity index (χ2v) is 15.1. The van der Waals surface area contributed by atoms with E-state index in [1.54, 1.807) is 12.2 Å². The van der Waals surface area contributed by atoms with Gasteiger partial charge in [-0.25, -0.2) is 0 Å². The van der Waals surface area contributed by atoms with Crippen molar-refractivity contribution >= 4 is 22.9 Å². The Bertz CT molecular complexity index is 1800. The van der Waals surface area contributed by atoms with Crippen molar-refractivity contribution < 1.29 is 40.4 Å². The van der Waals surface area contributed by atoms with Gasteiger partial charge in [0.05, 0.1) is 34.8 Å². The van der Waals surface area contributed by atoms with E-state index in [9.17, 15) is 31.1 Å². The number of carbonyl (C=O) groups is 1. The zero-order valence-electron chi connectivity index (χ0n) is 29.6. The van der Waals surface area contributed by atoms with E-state index in [2.05, 4.69) is 0 Å². The number of ether oxygens (including phenoxy) is 1. The Morgan fingerprint density at radius 1 is 0.816 bits per heavy atom. The number of Topliss-reactive ketones (excluding diaryl/α,β-unsaturated/α-hetero) is 1. The van der Waals surface area contributed by atoms with Crippen LogP contribution in [0.25, 0.3) is 0 Å². The molecule has 2 aliphatic heterocycles. The fourth-order valence-corrected chi connectivity index (χ4v) is 7.09. The second-order valence-electron chi connectivity index (χ2n) is 15.1. The molecule has 0 aromatic heterocycles. The summed E-state index contributed by atoms with van der Waals surface area (Å²) in [7, 11) is 1.46. The van der Waals surface area contributed by atoms with E-state index in [4.69, 9.17) is 4.74 Å². The first kappa shape index (κ1) is 36.5. The molecule has 0 spiro atoms. The molecule has 0 atom stereocenters. The van der Waals surface area contributed by atoms with Crippen molar-refractivity contribution in [3.63, 3.8) is 0 Å². The minimum atomic E-state index is -4.51. The van der Waals surface area contributed by atoms with Crippen LogP contribution in [0.4, 0.5) is 37.7 Å². The number of hydrogen-bond acceptors (Lipinski definition) is 3. The maximum Gasteiger partial charge on any atom is 0.416 e. The smallest absolute Gasteiger partial charge is 0.416 e. The van der Waals surface area contributed by atoms with Crippen LogP contribution < -0.4 is 4.90 Å². The Morgan fingerprint density at radius 2 is 1.39 bits per heavy atom. The van der Waals surface area contributed by atoms with Crippen molar-refractivity contribution in [2.45, 2.75) is 91.4 Å². The molecule has 5 rings (SSSR count). The van der Waals surface area contributed by atoms with Gasteiger partial charge in [0.25, 0.3) is 0 Å². The van der Waals surface area contributed by atoms with Crippen LogP contribution in [-0.4, -0.2) is 36.3 Å². The molecule has 49 heavy (non-hydrogen) atoms. The van der Waals surface area contributed by atoms with Crippen LogP contribution >= 0.6 is 0 Å². The molecule has 0 amide bonds. The van der Waals surface area contributed by atoms with Gasteiger partial charge < -0.3 is 9.64 Å². The number of methoxy groups -OCH3 is 1. The Balaban J connectivity index is 1.64. The van der Waals surface area contributed by atoms with E-state index >= 15 is 0 Å². The summed E-state index contributed by atoms with van der Waals surface area (Å²) >= 11 is 0. The molecule has 10 heteroatoms. The summed E-state index contributed by atoms with van der Waals surface area (Å²) in [6, 6.07) is 7.61. The summed E-state index contributed by atoms with van der Waals surface area (Å²) in [5.41, 5.74) is 1.50. The SMILES string of the molecule is COC1=C(/C=C2\N(CCC(C)C)c3cc(C(F)(F)F)ccc3C2(C)C)C(=O)/C1=C/C1=[N+](CCC(C)C)c2cc(C(F)(F)F)ccc2C1(C)C. The van der Waals surface area contributed by atoms with Gasteiger partial charge in [-0.05, 0) is 61.9 Å². The molecule has 2 heterocycles. The van der Waals surface area contributed by atoms with Crippen molar-refractivity contribution in [2.75, 3.05) is 25.1 Å². The van der Waals surface area contributed by atoms with E-state index in [-0.39, 0.29) is 17.6 Å². The lowest BCUT2D eigenvalue weighted by atomic mass is 9.77. The number of alkyl halides is 6. The molecule has 0 unspecified atom stereocenters. The molecule has 3 aliphatic rings. The Kier molecular flexibility index (Phi) is 9.30. The maximum absolute atomic E-state index is 14.0. The van der Waals surface area contributed by atoms with E-state index < -0.39 is 34.3 Å². The number of ketones is 1. The molecule has 0 saturated carbocycles. The highest BCUT2D eigenvalue weighted by atomic mass is 19.4. The average Bonchev–Trinajstić information content (AvgIpc) is 3.34. The monoisotopic (exact) mass is 687 g/mol. The van der Waals surface area contributed by atoms with E-state index in [0.717, 1.165) is 23.3 Å². The molecule has 2 aromatic rings. The standard InChI is InChI=1S/C39H45F6N2O2/c1-22(2)14-16-46-30-18-24(38(40,41)42)10-12-28(30)36(5,6)32(46)20-26-34(48)27(35(26)49-9)21-33-37(7,8)29-13-11-25(39(43,44)45)19-31(29)47(33)17-15-23(3)4/h10-13,18-23H,14-17H2,1-9H3/q+1. The van der Waals surface area contributed by atoms with Crippen LogP contribution in [0, 0.1) is 11.8 Å². The highest BCUT2D eigenvalue weighted by Gasteiger charge is 2.49. The third-order valence-electron chi connectivity index (χ3n) is 10.0. The molecule has 0 saturated heterocycles. The van der Waals surface area contributed by atoms with Crippen molar-refractivity contribution in [2.24, 2.45) is 11.8 Å². The molecular formula is C39H45F6N2O2+. The second kappa shape index (κ2) is 12.5. The number of benzene rings is 2. The van der Waals surface area contributed by atoms with Crippen LogP contribution in [0.3, 0.4) is 0 Å². The summed E-state index contributed by atoms with van der Waals surface area (Å²) in [5, 5.41) is 0. The fourth-order valence-electron chi connectivity index (χ4n) is 7.09. The van der Waals surface area contributed by atoms with Gasteiger partial charge in [-0.2, -0.15) is 30.9 Å². The average molecular weight is 688 g/mol. The van der Waals surface area contributed by atoms with Crippen molar-refractivity contribution in [1.82, 2.24) is 0 Å². The molecule has 0 radical (unpaired) electrons. The number of hydrogen-bond donors (Lipinski definition) is 0. The van der Waals surface area contributed by atoms with Crippen LogP contribution in [0.1, 0.15) is 90.5 Å². The predicted molar refractivity (Wildman–Crippen MR) is 180 cm³/mol. The molecule has 1 aliphatic carbocycles. The maximum atomic E-state index is 14.0. The lowest BCUT2D eigenvalue weighted by molar-refractivity contribution is -0.439. The number of anilines is 1. The van der Waals surface area contributed by atoms with Gasteiger partial charge in [0, 0.05) is 47.5 Å². The zero-order valence-corrected chi connectivity index (χ0v) is 29.6. The lowest BCUT2D eigenvalue weighted by Gasteiger charge is -2.30. The molecular weight excluding hydrogens is 642 g/mol. The largest absolute Gasteiger partial charge is 0.495 e. The van der Waals surface area contributed by atoms with Crippen LogP contribution in [-0.2, 0) is 32.7 Å². The first-order valence-corrected chi connectivity index (χ1v) is 16.7. The minimum absolute atomic E-state index is 0.287. The third kappa shape index (κ3) is 6.47. The van der Waals surface area contributed by atoms with E-state index in [1.807, 2.05) is 64.9 Å². The number of halogens is 6. The number of nitrogens with zero attached hydrogens (tertiary/aromatic N) is 2. The third-order valence-corrected chi connectivity index (χ3v) is 10.0. The molecule has 2 aromatic carbocycles. The fraction of sp³-hybridized carbons (Fsp3) is 0.487. The quantitative estimate of drug-likeness (QED) is 0.149. The number of allylic oxidation sites excluding steroid dienone is 5. The Morgan fingerprint density at radius 3 is 1.94 bits per heavy atom. The highest BCUT2D eigenvalue weighted by Crippen LogP contribution is 2.51. The first-order valence-electron chi connectivity index (χ1n) is 16.7. The van der Waals surface area contributed by atoms with Gasteiger partial charge in [0.2, 0.25) is 11.5 Å².